The van der Waals surface area contributed by atoms with Gasteiger partial charge in [-0.3, -0.25) is 0 Å². The molecule has 0 radical (unpaired) electrons. The molecule has 2 rings (SSSR count). The highest BCUT2D eigenvalue weighted by Gasteiger charge is 2.24. The molecule has 0 bridgehead atoms. The summed E-state index contributed by atoms with van der Waals surface area (Å²) in [5, 5.41) is 0. The van der Waals surface area contributed by atoms with Crippen molar-refractivity contribution in [2.45, 2.75) is 51.6 Å². The van der Waals surface area contributed by atoms with Crippen LogP contribution in [0.4, 0.5) is 4.39 Å². The fourth-order valence-corrected chi connectivity index (χ4v) is 2.60. The molecule has 1 aromatic carbocycles. The van der Waals surface area contributed by atoms with Crippen LogP contribution in [0.3, 0.4) is 0 Å². The van der Waals surface area contributed by atoms with Crippen LogP contribution in [0.25, 0.3) is 0 Å². The second-order valence-electron chi connectivity index (χ2n) is 5.48. The molecule has 114 valence electrons. The van der Waals surface area contributed by atoms with Gasteiger partial charge in [0.15, 0.2) is 0 Å². The van der Waals surface area contributed by atoms with Gasteiger partial charge in [0.05, 0.1) is 37.0 Å². The molecule has 0 amide bonds. The first kappa shape index (κ1) is 16.0. The van der Waals surface area contributed by atoms with Gasteiger partial charge in [0, 0.05) is 0 Å². The Balaban J connectivity index is 1.97. The van der Waals surface area contributed by atoms with Gasteiger partial charge in [0.2, 0.25) is 0 Å². The van der Waals surface area contributed by atoms with E-state index in [1.807, 2.05) is 0 Å². The minimum atomic E-state index is -0.326. The van der Waals surface area contributed by atoms with E-state index in [0.29, 0.717) is 12.2 Å². The summed E-state index contributed by atoms with van der Waals surface area (Å²) in [7, 11) is 0. The second-order valence-corrected chi connectivity index (χ2v) is 5.48. The summed E-state index contributed by atoms with van der Waals surface area (Å²) in [6, 6.07) is 4.88. The minimum absolute atomic E-state index is 0.187. The highest BCUT2D eigenvalue weighted by Crippen LogP contribution is 2.23. The van der Waals surface area contributed by atoms with Crippen LogP contribution >= 0.6 is 0 Å². The molecule has 0 saturated carbocycles. The third-order valence-corrected chi connectivity index (χ3v) is 3.50. The molecule has 2 atom stereocenters. The SMILES string of the molecule is CC1CC(OCc2ccc(F)c(C#CCN)c2)CC(C)O1. The molecule has 2 N–H and O–H groups in total. The maximum Gasteiger partial charge on any atom is 0.138 e. The van der Waals surface area contributed by atoms with Gasteiger partial charge in [-0.15, -0.1) is 0 Å². The topological polar surface area (TPSA) is 44.5 Å². The number of hydrogen-bond donors (Lipinski definition) is 1. The van der Waals surface area contributed by atoms with Crippen LogP contribution in [-0.2, 0) is 16.1 Å². The molecule has 1 saturated heterocycles. The van der Waals surface area contributed by atoms with E-state index in [1.54, 1.807) is 12.1 Å². The van der Waals surface area contributed by atoms with E-state index < -0.39 is 0 Å². The molecule has 1 aliphatic rings. The summed E-state index contributed by atoms with van der Waals surface area (Å²) in [4.78, 5) is 0. The Morgan fingerprint density at radius 1 is 1.33 bits per heavy atom. The van der Waals surface area contributed by atoms with E-state index in [9.17, 15) is 4.39 Å². The Morgan fingerprint density at radius 3 is 2.71 bits per heavy atom. The number of rotatable bonds is 3. The van der Waals surface area contributed by atoms with Crippen LogP contribution in [0.2, 0.25) is 0 Å². The van der Waals surface area contributed by atoms with Gasteiger partial charge < -0.3 is 15.2 Å². The smallest absolute Gasteiger partial charge is 0.138 e. The van der Waals surface area contributed by atoms with Gasteiger partial charge in [0.25, 0.3) is 0 Å². The normalized spacial score (nSPS) is 25.2. The molecule has 21 heavy (non-hydrogen) atoms. The Morgan fingerprint density at radius 2 is 2.05 bits per heavy atom. The van der Waals surface area contributed by atoms with E-state index >= 15 is 0 Å². The lowest BCUT2D eigenvalue weighted by molar-refractivity contribution is -0.106. The molecule has 1 aromatic rings. The Hall–Kier alpha value is -1.41. The molecular weight excluding hydrogens is 269 g/mol. The summed E-state index contributed by atoms with van der Waals surface area (Å²) >= 11 is 0. The highest BCUT2D eigenvalue weighted by atomic mass is 19.1. The third-order valence-electron chi connectivity index (χ3n) is 3.50. The summed E-state index contributed by atoms with van der Waals surface area (Å²) in [5.74, 6) is 5.08. The van der Waals surface area contributed by atoms with Crippen LogP contribution in [-0.4, -0.2) is 24.9 Å². The van der Waals surface area contributed by atoms with Crippen molar-refractivity contribution in [1.29, 1.82) is 0 Å². The van der Waals surface area contributed by atoms with E-state index in [1.165, 1.54) is 6.07 Å². The predicted molar refractivity (Wildman–Crippen MR) is 80.2 cm³/mol. The van der Waals surface area contributed by atoms with Crippen molar-refractivity contribution in [3.63, 3.8) is 0 Å². The minimum Gasteiger partial charge on any atom is -0.375 e. The van der Waals surface area contributed by atoms with Crippen LogP contribution in [0.1, 0.15) is 37.8 Å². The van der Waals surface area contributed by atoms with Gasteiger partial charge >= 0.3 is 0 Å². The summed E-state index contributed by atoms with van der Waals surface area (Å²) in [6.45, 7) is 4.80. The molecule has 1 heterocycles. The molecule has 0 aliphatic carbocycles. The highest BCUT2D eigenvalue weighted by molar-refractivity contribution is 5.38. The second kappa shape index (κ2) is 7.56. The monoisotopic (exact) mass is 291 g/mol. The standard InChI is InChI=1S/C17H22FNO2/c1-12-8-16(9-13(2)21-12)20-11-14-5-6-17(18)15(10-14)4-3-7-19/h5-6,10,12-13,16H,7-9,11,19H2,1-2H3. The zero-order chi connectivity index (χ0) is 15.2. The Kier molecular flexibility index (Phi) is 5.75. The van der Waals surface area contributed by atoms with Crippen LogP contribution in [0.5, 0.6) is 0 Å². The van der Waals surface area contributed by atoms with Gasteiger partial charge in [-0.1, -0.05) is 17.9 Å². The number of benzene rings is 1. The molecule has 4 heteroatoms. The quantitative estimate of drug-likeness (QED) is 0.871. The number of halogens is 1. The third kappa shape index (κ3) is 4.82. The number of hydrogen-bond acceptors (Lipinski definition) is 3. The molecule has 3 nitrogen and oxygen atoms in total. The maximum atomic E-state index is 13.6. The van der Waals surface area contributed by atoms with Gasteiger partial charge in [0.1, 0.15) is 5.82 Å². The zero-order valence-electron chi connectivity index (χ0n) is 12.6. The Labute approximate surface area is 125 Å². The molecule has 1 fully saturated rings. The van der Waals surface area contributed by atoms with E-state index in [4.69, 9.17) is 15.2 Å². The van der Waals surface area contributed by atoms with Crippen molar-refractivity contribution >= 4 is 0 Å². The van der Waals surface area contributed by atoms with Gasteiger partial charge in [-0.2, -0.15) is 0 Å². The van der Waals surface area contributed by atoms with Crippen molar-refractivity contribution < 1.29 is 13.9 Å². The lowest BCUT2D eigenvalue weighted by atomic mass is 10.0. The largest absolute Gasteiger partial charge is 0.375 e. The van der Waals surface area contributed by atoms with Crippen molar-refractivity contribution in [2.24, 2.45) is 5.73 Å². The van der Waals surface area contributed by atoms with Gasteiger partial charge in [-0.05, 0) is 44.4 Å². The summed E-state index contributed by atoms with van der Waals surface area (Å²) in [6.07, 6.45) is 2.42. The molecular formula is C17H22FNO2. The molecule has 2 unspecified atom stereocenters. The lowest BCUT2D eigenvalue weighted by Crippen LogP contribution is -2.33. The average molecular weight is 291 g/mol. The number of nitrogens with two attached hydrogens (primary N) is 1. The first-order chi connectivity index (χ1) is 10.1. The van der Waals surface area contributed by atoms with E-state index in [-0.39, 0.29) is 30.7 Å². The van der Waals surface area contributed by atoms with Crippen molar-refractivity contribution in [2.75, 3.05) is 6.54 Å². The van der Waals surface area contributed by atoms with E-state index in [2.05, 4.69) is 25.7 Å². The van der Waals surface area contributed by atoms with Crippen molar-refractivity contribution in [3.05, 3.63) is 35.1 Å². The zero-order valence-corrected chi connectivity index (χ0v) is 12.6. The van der Waals surface area contributed by atoms with Gasteiger partial charge in [-0.25, -0.2) is 4.39 Å². The first-order valence-corrected chi connectivity index (χ1v) is 7.33. The fourth-order valence-electron chi connectivity index (χ4n) is 2.60. The predicted octanol–water partition coefficient (Wildman–Crippen LogP) is 2.61. The molecule has 0 spiro atoms. The van der Waals surface area contributed by atoms with Crippen LogP contribution in [0, 0.1) is 17.7 Å². The number of ether oxygens (including phenoxy) is 2. The molecule has 0 aromatic heterocycles. The summed E-state index contributed by atoms with van der Waals surface area (Å²) in [5.41, 5.74) is 6.61. The lowest BCUT2D eigenvalue weighted by Gasteiger charge is -2.32. The van der Waals surface area contributed by atoms with Crippen molar-refractivity contribution in [3.8, 4) is 11.8 Å². The van der Waals surface area contributed by atoms with Crippen LogP contribution < -0.4 is 5.73 Å². The summed E-state index contributed by atoms with van der Waals surface area (Å²) < 4.78 is 25.2. The molecule has 1 aliphatic heterocycles. The van der Waals surface area contributed by atoms with Crippen molar-refractivity contribution in [1.82, 2.24) is 0 Å². The average Bonchev–Trinajstić information content (AvgIpc) is 2.44. The first-order valence-electron chi connectivity index (χ1n) is 7.33. The van der Waals surface area contributed by atoms with E-state index in [0.717, 1.165) is 18.4 Å². The Bertz CT molecular complexity index is 525. The fraction of sp³-hybridized carbons (Fsp3) is 0.529. The van der Waals surface area contributed by atoms with Crippen LogP contribution in [0.15, 0.2) is 18.2 Å². The maximum absolute atomic E-state index is 13.6.